The molecular weight excluding hydrogens is 208 g/mol. The van der Waals surface area contributed by atoms with Crippen LogP contribution in [0.4, 0.5) is 0 Å². The maximum Gasteiger partial charge on any atom is 0.252 e. The third kappa shape index (κ3) is 1.91. The van der Waals surface area contributed by atoms with E-state index in [1.807, 2.05) is 6.92 Å². The first-order chi connectivity index (χ1) is 7.61. The van der Waals surface area contributed by atoms with Crippen LogP contribution in [-0.4, -0.2) is 48.6 Å². The topological polar surface area (TPSA) is 58.6 Å². The quantitative estimate of drug-likeness (QED) is 0.671. The maximum atomic E-state index is 12.2. The lowest BCUT2D eigenvalue weighted by atomic mass is 10.0. The Labute approximate surface area is 95.1 Å². The summed E-state index contributed by atoms with van der Waals surface area (Å²) in [6, 6.07) is -0.377. The van der Waals surface area contributed by atoms with Gasteiger partial charge in [-0.2, -0.15) is 0 Å². The van der Waals surface area contributed by atoms with Gasteiger partial charge in [-0.15, -0.1) is 0 Å². The van der Waals surface area contributed by atoms with Gasteiger partial charge in [-0.05, 0) is 19.3 Å². The third-order valence-electron chi connectivity index (χ3n) is 3.41. The molecule has 3 unspecified atom stereocenters. The highest BCUT2D eigenvalue weighted by Crippen LogP contribution is 2.23. The van der Waals surface area contributed by atoms with Gasteiger partial charge in [0.05, 0.1) is 0 Å². The summed E-state index contributed by atoms with van der Waals surface area (Å²) in [6.07, 6.45) is 0.568. The fourth-order valence-electron chi connectivity index (χ4n) is 2.26. The monoisotopic (exact) mass is 226 g/mol. The van der Waals surface area contributed by atoms with Crippen molar-refractivity contribution in [2.24, 2.45) is 5.92 Å². The first-order valence-electron chi connectivity index (χ1n) is 5.81. The number of carbonyl (C=O) groups excluding carboxylic acids is 2. The summed E-state index contributed by atoms with van der Waals surface area (Å²) in [7, 11) is 0. The van der Waals surface area contributed by atoms with Gasteiger partial charge in [-0.1, -0.05) is 6.92 Å². The highest BCUT2D eigenvalue weighted by atomic mass is 16.5. The van der Waals surface area contributed by atoms with Crippen LogP contribution in [0.2, 0.25) is 0 Å². The number of amides is 2. The molecule has 2 aliphatic rings. The van der Waals surface area contributed by atoms with E-state index >= 15 is 0 Å². The van der Waals surface area contributed by atoms with E-state index in [1.165, 1.54) is 0 Å². The normalized spacial score (nSPS) is 35.0. The van der Waals surface area contributed by atoms with Crippen molar-refractivity contribution < 1.29 is 14.3 Å². The molecule has 2 fully saturated rings. The molecule has 0 saturated carbocycles. The Balaban J connectivity index is 2.05. The molecule has 1 N–H and O–H groups in total. The van der Waals surface area contributed by atoms with Crippen LogP contribution in [0.25, 0.3) is 0 Å². The first-order valence-corrected chi connectivity index (χ1v) is 5.81. The second-order valence-corrected chi connectivity index (χ2v) is 4.56. The molecule has 0 spiro atoms. The summed E-state index contributed by atoms with van der Waals surface area (Å²) in [5.41, 5.74) is 0. The summed E-state index contributed by atoms with van der Waals surface area (Å²) in [4.78, 5) is 25.3. The van der Waals surface area contributed by atoms with Crippen molar-refractivity contribution in [3.05, 3.63) is 0 Å². The van der Waals surface area contributed by atoms with Crippen molar-refractivity contribution in [2.75, 3.05) is 19.7 Å². The highest BCUT2D eigenvalue weighted by Gasteiger charge is 2.38. The van der Waals surface area contributed by atoms with Crippen LogP contribution in [-0.2, 0) is 14.3 Å². The second kappa shape index (κ2) is 4.41. The zero-order chi connectivity index (χ0) is 11.7. The van der Waals surface area contributed by atoms with Gasteiger partial charge >= 0.3 is 0 Å². The Hall–Kier alpha value is -1.10. The van der Waals surface area contributed by atoms with Crippen LogP contribution < -0.4 is 5.32 Å². The van der Waals surface area contributed by atoms with Crippen molar-refractivity contribution in [3.63, 3.8) is 0 Å². The molecule has 0 aromatic rings. The summed E-state index contributed by atoms with van der Waals surface area (Å²) in [5, 5.41) is 2.74. The average molecular weight is 226 g/mol. The Bertz CT molecular complexity index is 306. The number of nitrogens with zero attached hydrogens (tertiary/aromatic N) is 1. The summed E-state index contributed by atoms with van der Waals surface area (Å²) < 4.78 is 5.44. The molecule has 0 aliphatic carbocycles. The van der Waals surface area contributed by atoms with Crippen LogP contribution in [0.5, 0.6) is 0 Å². The average Bonchev–Trinajstić information content (AvgIpc) is 2.68. The minimum atomic E-state index is -0.377. The SMILES string of the molecule is CC1CCOC1C(=O)N1CCNC(=O)C1C. The predicted molar refractivity (Wildman–Crippen MR) is 57.7 cm³/mol. The minimum Gasteiger partial charge on any atom is -0.368 e. The zero-order valence-electron chi connectivity index (χ0n) is 9.73. The molecule has 2 rings (SSSR count). The fourth-order valence-corrected chi connectivity index (χ4v) is 2.26. The molecular formula is C11H18N2O3. The Morgan fingerprint density at radius 3 is 2.88 bits per heavy atom. The molecule has 5 nitrogen and oxygen atoms in total. The number of piperazine rings is 1. The molecule has 3 atom stereocenters. The third-order valence-corrected chi connectivity index (χ3v) is 3.41. The number of carbonyl (C=O) groups is 2. The van der Waals surface area contributed by atoms with Crippen LogP contribution in [0.1, 0.15) is 20.3 Å². The number of ether oxygens (including phenoxy) is 1. The molecule has 90 valence electrons. The van der Waals surface area contributed by atoms with Gasteiger partial charge in [-0.3, -0.25) is 9.59 Å². The second-order valence-electron chi connectivity index (χ2n) is 4.56. The maximum absolute atomic E-state index is 12.2. The fraction of sp³-hybridized carbons (Fsp3) is 0.818. The lowest BCUT2D eigenvalue weighted by molar-refractivity contribution is -0.150. The first kappa shape index (κ1) is 11.4. The molecule has 2 aliphatic heterocycles. The van der Waals surface area contributed by atoms with Gasteiger partial charge in [0.25, 0.3) is 5.91 Å². The van der Waals surface area contributed by atoms with Gasteiger partial charge in [0.15, 0.2) is 0 Å². The standard InChI is InChI=1S/C11H18N2O3/c1-7-3-6-16-9(7)11(15)13-5-4-12-10(14)8(13)2/h7-9H,3-6H2,1-2H3,(H,12,14). The van der Waals surface area contributed by atoms with Crippen LogP contribution in [0, 0.1) is 5.92 Å². The van der Waals surface area contributed by atoms with Gasteiger partial charge in [0, 0.05) is 19.7 Å². The zero-order valence-corrected chi connectivity index (χ0v) is 9.73. The van der Waals surface area contributed by atoms with E-state index in [-0.39, 0.29) is 29.9 Å². The van der Waals surface area contributed by atoms with Gasteiger partial charge in [0.2, 0.25) is 5.91 Å². The lowest BCUT2D eigenvalue weighted by Crippen LogP contribution is -2.58. The van der Waals surface area contributed by atoms with E-state index in [1.54, 1.807) is 11.8 Å². The van der Waals surface area contributed by atoms with Crippen LogP contribution >= 0.6 is 0 Å². The van der Waals surface area contributed by atoms with E-state index in [0.717, 1.165) is 6.42 Å². The largest absolute Gasteiger partial charge is 0.368 e. The van der Waals surface area contributed by atoms with E-state index in [4.69, 9.17) is 4.74 Å². The Morgan fingerprint density at radius 1 is 1.50 bits per heavy atom. The van der Waals surface area contributed by atoms with E-state index < -0.39 is 0 Å². The summed E-state index contributed by atoms with van der Waals surface area (Å²) in [5.74, 6) is 0.141. The van der Waals surface area contributed by atoms with Crippen LogP contribution in [0.15, 0.2) is 0 Å². The van der Waals surface area contributed by atoms with Gasteiger partial charge < -0.3 is 15.0 Å². The molecule has 2 saturated heterocycles. The molecule has 0 bridgehead atoms. The molecule has 2 amide bonds. The minimum absolute atomic E-state index is 0.0349. The number of hydrogen-bond donors (Lipinski definition) is 1. The summed E-state index contributed by atoms with van der Waals surface area (Å²) in [6.45, 7) is 5.54. The smallest absolute Gasteiger partial charge is 0.252 e. The molecule has 5 heteroatoms. The number of rotatable bonds is 1. The molecule has 0 aromatic carbocycles. The predicted octanol–water partition coefficient (Wildman–Crippen LogP) is -0.242. The number of nitrogens with one attached hydrogen (secondary N) is 1. The van der Waals surface area contributed by atoms with E-state index in [9.17, 15) is 9.59 Å². The van der Waals surface area contributed by atoms with Crippen LogP contribution in [0.3, 0.4) is 0 Å². The molecule has 2 heterocycles. The Morgan fingerprint density at radius 2 is 2.25 bits per heavy atom. The van der Waals surface area contributed by atoms with Crippen molar-refractivity contribution >= 4 is 11.8 Å². The molecule has 0 aromatic heterocycles. The molecule has 0 radical (unpaired) electrons. The summed E-state index contributed by atoms with van der Waals surface area (Å²) >= 11 is 0. The number of hydrogen-bond acceptors (Lipinski definition) is 3. The van der Waals surface area contributed by atoms with Crippen molar-refractivity contribution in [3.8, 4) is 0 Å². The Kier molecular flexibility index (Phi) is 3.14. The van der Waals surface area contributed by atoms with Gasteiger partial charge in [0.1, 0.15) is 12.1 Å². The lowest BCUT2D eigenvalue weighted by Gasteiger charge is -2.34. The van der Waals surface area contributed by atoms with E-state index in [2.05, 4.69) is 5.32 Å². The molecule has 16 heavy (non-hydrogen) atoms. The van der Waals surface area contributed by atoms with E-state index in [0.29, 0.717) is 19.7 Å². The van der Waals surface area contributed by atoms with Crippen molar-refractivity contribution in [1.82, 2.24) is 10.2 Å². The highest BCUT2D eigenvalue weighted by molar-refractivity contribution is 5.90. The van der Waals surface area contributed by atoms with Crippen molar-refractivity contribution in [1.29, 1.82) is 0 Å². The van der Waals surface area contributed by atoms with Crippen molar-refractivity contribution in [2.45, 2.75) is 32.4 Å². The van der Waals surface area contributed by atoms with Gasteiger partial charge in [-0.25, -0.2) is 0 Å².